The average Bonchev–Trinajstić information content (AvgIpc) is 2.68. The van der Waals surface area contributed by atoms with Crippen molar-refractivity contribution in [2.45, 2.75) is 13.8 Å². The second-order valence-electron chi connectivity index (χ2n) is 4.55. The minimum Gasteiger partial charge on any atom is -0.329 e. The molecular formula is C14H12ClN3S. The number of rotatable bonds is 1. The highest BCUT2D eigenvalue weighted by Gasteiger charge is 2.11. The van der Waals surface area contributed by atoms with E-state index in [0.29, 0.717) is 9.79 Å². The predicted octanol–water partition coefficient (Wildman–Crippen LogP) is 4.35. The van der Waals surface area contributed by atoms with E-state index >= 15 is 0 Å². The topological polar surface area (TPSA) is 33.6 Å². The molecule has 0 saturated carbocycles. The smallest absolute Gasteiger partial charge is 0.184 e. The summed E-state index contributed by atoms with van der Waals surface area (Å²) in [5, 5.41) is 0.667. The number of aromatic amines is 1. The first-order chi connectivity index (χ1) is 9.08. The highest BCUT2D eigenvalue weighted by atomic mass is 35.5. The summed E-state index contributed by atoms with van der Waals surface area (Å²) in [6, 6.07) is 7.85. The zero-order chi connectivity index (χ0) is 13.6. The fourth-order valence-electron chi connectivity index (χ4n) is 2.14. The van der Waals surface area contributed by atoms with E-state index in [9.17, 15) is 0 Å². The van der Waals surface area contributed by atoms with Gasteiger partial charge in [0, 0.05) is 6.20 Å². The van der Waals surface area contributed by atoms with E-state index in [-0.39, 0.29) is 0 Å². The average molecular weight is 290 g/mol. The Labute approximate surface area is 120 Å². The van der Waals surface area contributed by atoms with Crippen LogP contribution in [0, 0.1) is 18.6 Å². The van der Waals surface area contributed by atoms with Gasteiger partial charge in [0.1, 0.15) is 0 Å². The van der Waals surface area contributed by atoms with Crippen molar-refractivity contribution in [3.8, 4) is 5.69 Å². The number of H-pyrrole nitrogens is 1. The van der Waals surface area contributed by atoms with Crippen LogP contribution in [-0.2, 0) is 0 Å². The van der Waals surface area contributed by atoms with Gasteiger partial charge in [0.05, 0.1) is 16.2 Å². The third kappa shape index (κ3) is 1.97. The number of halogens is 1. The third-order valence-corrected chi connectivity index (χ3v) is 3.72. The molecule has 0 fully saturated rings. The number of nitrogens with one attached hydrogen (secondary N) is 1. The number of hydrogen-bond acceptors (Lipinski definition) is 2. The molecule has 3 rings (SSSR count). The van der Waals surface area contributed by atoms with Gasteiger partial charge in [0.2, 0.25) is 0 Å². The number of fused-ring (bicyclic) bond motifs is 1. The van der Waals surface area contributed by atoms with Gasteiger partial charge in [0.15, 0.2) is 10.4 Å². The van der Waals surface area contributed by atoms with Crippen molar-refractivity contribution in [3.63, 3.8) is 0 Å². The summed E-state index contributed by atoms with van der Waals surface area (Å²) in [6.07, 6.45) is 1.78. The molecule has 0 radical (unpaired) electrons. The first-order valence-electron chi connectivity index (χ1n) is 5.91. The van der Waals surface area contributed by atoms with Crippen LogP contribution in [-0.4, -0.2) is 14.5 Å². The lowest BCUT2D eigenvalue weighted by atomic mass is 10.2. The molecule has 0 aliphatic carbocycles. The van der Waals surface area contributed by atoms with Gasteiger partial charge in [-0.15, -0.1) is 0 Å². The van der Waals surface area contributed by atoms with Gasteiger partial charge >= 0.3 is 0 Å². The van der Waals surface area contributed by atoms with E-state index in [1.807, 2.05) is 42.7 Å². The molecule has 3 nitrogen and oxygen atoms in total. The maximum absolute atomic E-state index is 6.32. The Morgan fingerprint density at radius 3 is 2.79 bits per heavy atom. The Kier molecular flexibility index (Phi) is 2.92. The van der Waals surface area contributed by atoms with Crippen molar-refractivity contribution < 1.29 is 0 Å². The SMILES string of the molecule is Cc1ccc(-n2c(=S)[nH]c3c(C)ccnc32)c(Cl)c1. The zero-order valence-corrected chi connectivity index (χ0v) is 12.1. The molecule has 96 valence electrons. The molecule has 2 aromatic heterocycles. The quantitative estimate of drug-likeness (QED) is 0.676. The van der Waals surface area contributed by atoms with Gasteiger partial charge in [-0.3, -0.25) is 4.57 Å². The van der Waals surface area contributed by atoms with E-state index in [1.165, 1.54) is 0 Å². The summed E-state index contributed by atoms with van der Waals surface area (Å²) in [5.41, 5.74) is 4.82. The lowest BCUT2D eigenvalue weighted by molar-refractivity contribution is 1.04. The lowest BCUT2D eigenvalue weighted by Crippen LogP contribution is -1.97. The molecule has 3 aromatic rings. The highest BCUT2D eigenvalue weighted by molar-refractivity contribution is 7.71. The van der Waals surface area contributed by atoms with Gasteiger partial charge in [0.25, 0.3) is 0 Å². The van der Waals surface area contributed by atoms with Gasteiger partial charge in [-0.25, -0.2) is 4.98 Å². The molecule has 0 bridgehead atoms. The summed E-state index contributed by atoms with van der Waals surface area (Å²) >= 11 is 11.7. The molecular weight excluding hydrogens is 278 g/mol. The van der Waals surface area contributed by atoms with Gasteiger partial charge in [-0.2, -0.15) is 0 Å². The summed E-state index contributed by atoms with van der Waals surface area (Å²) in [7, 11) is 0. The van der Waals surface area contributed by atoms with Crippen molar-refractivity contribution in [1.82, 2.24) is 14.5 Å². The number of pyridine rings is 1. The molecule has 5 heteroatoms. The normalized spacial score (nSPS) is 11.1. The molecule has 1 aromatic carbocycles. The van der Waals surface area contributed by atoms with Crippen LogP contribution in [0.1, 0.15) is 11.1 Å². The van der Waals surface area contributed by atoms with Crippen LogP contribution in [0.3, 0.4) is 0 Å². The van der Waals surface area contributed by atoms with E-state index in [0.717, 1.165) is 28.0 Å². The summed E-state index contributed by atoms with van der Waals surface area (Å²) in [6.45, 7) is 4.03. The van der Waals surface area contributed by atoms with Crippen LogP contribution in [0.2, 0.25) is 5.02 Å². The molecule has 0 spiro atoms. The first-order valence-corrected chi connectivity index (χ1v) is 6.69. The molecule has 0 saturated heterocycles. The van der Waals surface area contributed by atoms with E-state index in [4.69, 9.17) is 23.8 Å². The second-order valence-corrected chi connectivity index (χ2v) is 5.34. The monoisotopic (exact) mass is 289 g/mol. The number of hydrogen-bond donors (Lipinski definition) is 1. The van der Waals surface area contributed by atoms with E-state index < -0.39 is 0 Å². The number of benzene rings is 1. The van der Waals surface area contributed by atoms with Crippen LogP contribution in [0.4, 0.5) is 0 Å². The zero-order valence-electron chi connectivity index (χ0n) is 10.6. The second kappa shape index (κ2) is 4.47. The largest absolute Gasteiger partial charge is 0.329 e. The number of nitrogens with zero attached hydrogens (tertiary/aromatic N) is 2. The van der Waals surface area contributed by atoms with Crippen molar-refractivity contribution in [2.24, 2.45) is 0 Å². The number of aromatic nitrogens is 3. The number of imidazole rings is 1. The third-order valence-electron chi connectivity index (χ3n) is 3.13. The molecule has 0 aliphatic heterocycles. The van der Waals surface area contributed by atoms with Crippen LogP contribution in [0.25, 0.3) is 16.9 Å². The minimum atomic E-state index is 0.600. The Morgan fingerprint density at radius 2 is 2.05 bits per heavy atom. The Bertz CT molecular complexity index is 832. The molecule has 19 heavy (non-hydrogen) atoms. The molecule has 0 aliphatic rings. The number of aryl methyl sites for hydroxylation is 2. The van der Waals surface area contributed by atoms with Crippen molar-refractivity contribution in [2.75, 3.05) is 0 Å². The molecule has 2 heterocycles. The maximum Gasteiger partial charge on any atom is 0.184 e. The summed E-state index contributed by atoms with van der Waals surface area (Å²) in [5.74, 6) is 0. The Balaban J connectivity index is 2.40. The molecule has 0 unspecified atom stereocenters. The predicted molar refractivity (Wildman–Crippen MR) is 80.7 cm³/mol. The van der Waals surface area contributed by atoms with Gasteiger partial charge < -0.3 is 4.98 Å². The lowest BCUT2D eigenvalue weighted by Gasteiger charge is -2.07. The first kappa shape index (κ1) is 12.4. The molecule has 1 N–H and O–H groups in total. The highest BCUT2D eigenvalue weighted by Crippen LogP contribution is 2.26. The van der Waals surface area contributed by atoms with Crippen molar-refractivity contribution in [1.29, 1.82) is 0 Å². The Morgan fingerprint density at radius 1 is 1.26 bits per heavy atom. The van der Waals surface area contributed by atoms with Crippen LogP contribution >= 0.6 is 23.8 Å². The van der Waals surface area contributed by atoms with Gasteiger partial charge in [-0.1, -0.05) is 17.7 Å². The summed E-state index contributed by atoms with van der Waals surface area (Å²) in [4.78, 5) is 7.60. The Hall–Kier alpha value is -1.65. The van der Waals surface area contributed by atoms with Crippen molar-refractivity contribution >= 4 is 35.0 Å². The maximum atomic E-state index is 6.32. The van der Waals surface area contributed by atoms with E-state index in [2.05, 4.69) is 9.97 Å². The standard InChI is InChI=1S/C14H12ClN3S/c1-8-3-4-11(10(15)7-8)18-13-12(17-14(18)19)9(2)5-6-16-13/h3-7H,1-2H3,(H,17,19). The fraction of sp³-hybridized carbons (Fsp3) is 0.143. The van der Waals surface area contributed by atoms with E-state index in [1.54, 1.807) is 6.20 Å². The van der Waals surface area contributed by atoms with Gasteiger partial charge in [-0.05, 0) is 55.4 Å². The molecule has 0 amide bonds. The summed E-state index contributed by atoms with van der Waals surface area (Å²) < 4.78 is 2.47. The molecule has 0 atom stereocenters. The minimum absolute atomic E-state index is 0.600. The van der Waals surface area contributed by atoms with Crippen LogP contribution in [0.15, 0.2) is 30.5 Å². The fourth-order valence-corrected chi connectivity index (χ4v) is 2.75. The van der Waals surface area contributed by atoms with Crippen LogP contribution < -0.4 is 0 Å². The van der Waals surface area contributed by atoms with Crippen LogP contribution in [0.5, 0.6) is 0 Å². The van der Waals surface area contributed by atoms with Crippen molar-refractivity contribution in [3.05, 3.63) is 51.4 Å².